The Bertz CT molecular complexity index is 1260. The minimum Gasteiger partial charge on any atom is -0.451 e. The number of carbonyl (C=O) groups excluding carboxylic acids is 2. The largest absolute Gasteiger partial charge is 0.451 e. The average Bonchev–Trinajstić information content (AvgIpc) is 3.20. The lowest BCUT2D eigenvalue weighted by Gasteiger charge is -2.06. The van der Waals surface area contributed by atoms with E-state index >= 15 is 0 Å². The molecule has 0 bridgehead atoms. The molecule has 1 aromatic carbocycles. The van der Waals surface area contributed by atoms with Crippen LogP contribution in [0.5, 0.6) is 0 Å². The summed E-state index contributed by atoms with van der Waals surface area (Å²) in [6, 6.07) is 16.7. The summed E-state index contributed by atoms with van der Waals surface area (Å²) < 4.78 is 6.52. The maximum atomic E-state index is 12.6. The maximum Gasteiger partial charge on any atom is 0.348 e. The fourth-order valence-corrected chi connectivity index (χ4v) is 3.99. The molecule has 0 aliphatic carbocycles. The van der Waals surface area contributed by atoms with Gasteiger partial charge in [-0.15, -0.1) is 11.3 Å². The standard InChI is InChI=1S/C22H19N3O4S/c26-19(23-11-6-9-15-7-2-1-3-8-15)14-29-22(28)17-13-16-20(30-17)24-18-10-4-5-12-25(18)21(16)27/h1-5,7-8,10,12-13H,6,9,11,14H2,(H,23,26). The van der Waals surface area contributed by atoms with Crippen molar-refractivity contribution in [3.63, 3.8) is 0 Å². The number of ether oxygens (including phenoxy) is 1. The third-order valence-electron chi connectivity index (χ3n) is 4.56. The van der Waals surface area contributed by atoms with Gasteiger partial charge in [0.25, 0.3) is 11.5 Å². The predicted octanol–water partition coefficient (Wildman–Crippen LogP) is 2.82. The zero-order chi connectivity index (χ0) is 20.9. The molecule has 0 unspecified atom stereocenters. The van der Waals surface area contributed by atoms with Gasteiger partial charge in [-0.25, -0.2) is 9.78 Å². The van der Waals surface area contributed by atoms with Crippen LogP contribution in [0.1, 0.15) is 21.7 Å². The van der Waals surface area contributed by atoms with Crippen LogP contribution in [0.2, 0.25) is 0 Å². The van der Waals surface area contributed by atoms with Crippen molar-refractivity contribution >= 4 is 39.1 Å². The number of pyridine rings is 1. The second-order valence-electron chi connectivity index (χ2n) is 6.69. The smallest absolute Gasteiger partial charge is 0.348 e. The van der Waals surface area contributed by atoms with E-state index in [-0.39, 0.29) is 23.0 Å². The Morgan fingerprint density at radius 3 is 2.73 bits per heavy atom. The Kier molecular flexibility index (Phi) is 5.85. The summed E-state index contributed by atoms with van der Waals surface area (Å²) in [6.45, 7) is 0.133. The van der Waals surface area contributed by atoms with Gasteiger partial charge in [0.15, 0.2) is 6.61 Å². The molecule has 0 spiro atoms. The molecular formula is C22H19N3O4S. The van der Waals surface area contributed by atoms with Gasteiger partial charge in [-0.05, 0) is 36.6 Å². The average molecular weight is 421 g/mol. The second kappa shape index (κ2) is 8.87. The molecule has 0 aliphatic heterocycles. The minimum absolute atomic E-state index is 0.238. The van der Waals surface area contributed by atoms with Crippen LogP contribution in [0.4, 0.5) is 0 Å². The van der Waals surface area contributed by atoms with E-state index in [0.717, 1.165) is 24.2 Å². The number of nitrogens with one attached hydrogen (secondary N) is 1. The lowest BCUT2D eigenvalue weighted by molar-refractivity contribution is -0.124. The number of amides is 1. The third kappa shape index (κ3) is 4.38. The van der Waals surface area contributed by atoms with Gasteiger partial charge in [-0.3, -0.25) is 14.0 Å². The van der Waals surface area contributed by atoms with Crippen LogP contribution >= 0.6 is 11.3 Å². The highest BCUT2D eigenvalue weighted by atomic mass is 32.1. The number of carbonyl (C=O) groups is 2. The van der Waals surface area contributed by atoms with Crippen molar-refractivity contribution in [2.24, 2.45) is 0 Å². The summed E-state index contributed by atoms with van der Waals surface area (Å²) in [7, 11) is 0. The SMILES string of the molecule is O=C(COC(=O)c1cc2c(=O)n3ccccc3nc2s1)NCCCc1ccccc1. The molecule has 3 heterocycles. The van der Waals surface area contributed by atoms with E-state index < -0.39 is 5.97 Å². The van der Waals surface area contributed by atoms with Crippen LogP contribution < -0.4 is 10.9 Å². The Morgan fingerprint density at radius 1 is 1.10 bits per heavy atom. The first-order chi connectivity index (χ1) is 14.6. The van der Waals surface area contributed by atoms with Crippen molar-refractivity contribution in [2.75, 3.05) is 13.2 Å². The van der Waals surface area contributed by atoms with Gasteiger partial charge in [-0.1, -0.05) is 36.4 Å². The third-order valence-corrected chi connectivity index (χ3v) is 5.57. The van der Waals surface area contributed by atoms with Crippen molar-refractivity contribution in [3.05, 3.63) is 81.6 Å². The zero-order valence-corrected chi connectivity index (χ0v) is 16.9. The summed E-state index contributed by atoms with van der Waals surface area (Å²) >= 11 is 1.07. The molecule has 0 aliphatic rings. The molecule has 30 heavy (non-hydrogen) atoms. The Labute approximate surface area is 175 Å². The van der Waals surface area contributed by atoms with E-state index in [4.69, 9.17) is 4.74 Å². The van der Waals surface area contributed by atoms with Crippen LogP contribution in [0.15, 0.2) is 65.6 Å². The molecule has 4 aromatic rings. The number of aryl methyl sites for hydroxylation is 1. The molecule has 1 N–H and O–H groups in total. The van der Waals surface area contributed by atoms with E-state index in [1.807, 2.05) is 30.3 Å². The quantitative estimate of drug-likeness (QED) is 0.366. The molecule has 0 saturated heterocycles. The normalized spacial score (nSPS) is 10.9. The molecule has 4 rings (SSSR count). The molecule has 7 nitrogen and oxygen atoms in total. The number of fused-ring (bicyclic) bond motifs is 2. The monoisotopic (exact) mass is 421 g/mol. The highest BCUT2D eigenvalue weighted by molar-refractivity contribution is 7.20. The molecule has 3 aromatic heterocycles. The number of hydrogen-bond acceptors (Lipinski definition) is 6. The van der Waals surface area contributed by atoms with Gasteiger partial charge < -0.3 is 10.1 Å². The van der Waals surface area contributed by atoms with Crippen LogP contribution in [0, 0.1) is 0 Å². The lowest BCUT2D eigenvalue weighted by Crippen LogP contribution is -2.29. The van der Waals surface area contributed by atoms with Crippen molar-refractivity contribution in [3.8, 4) is 0 Å². The molecule has 0 atom stereocenters. The molecule has 0 saturated carbocycles. The first-order valence-corrected chi connectivity index (χ1v) is 10.3. The van der Waals surface area contributed by atoms with Crippen molar-refractivity contribution in [1.29, 1.82) is 0 Å². The maximum absolute atomic E-state index is 12.6. The zero-order valence-electron chi connectivity index (χ0n) is 16.0. The Balaban J connectivity index is 1.32. The molecule has 0 fully saturated rings. The summed E-state index contributed by atoms with van der Waals surface area (Å²) in [5, 5.41) is 3.09. The predicted molar refractivity (Wildman–Crippen MR) is 115 cm³/mol. The first kappa shape index (κ1) is 19.8. The van der Waals surface area contributed by atoms with E-state index in [9.17, 15) is 14.4 Å². The fraction of sp³-hybridized carbons (Fsp3) is 0.182. The number of benzene rings is 1. The Hall–Kier alpha value is -3.52. The van der Waals surface area contributed by atoms with Crippen molar-refractivity contribution in [1.82, 2.24) is 14.7 Å². The molecule has 8 heteroatoms. The number of rotatable bonds is 7. The van der Waals surface area contributed by atoms with Gasteiger partial charge in [-0.2, -0.15) is 0 Å². The van der Waals surface area contributed by atoms with Crippen LogP contribution in [-0.4, -0.2) is 34.4 Å². The van der Waals surface area contributed by atoms with Gasteiger partial charge in [0.1, 0.15) is 15.4 Å². The number of nitrogens with zero attached hydrogens (tertiary/aromatic N) is 2. The number of hydrogen-bond donors (Lipinski definition) is 1. The molecule has 1 amide bonds. The number of esters is 1. The molecular weight excluding hydrogens is 402 g/mol. The summed E-state index contributed by atoms with van der Waals surface area (Å²) in [6.07, 6.45) is 3.28. The Morgan fingerprint density at radius 2 is 1.90 bits per heavy atom. The van der Waals surface area contributed by atoms with Crippen molar-refractivity contribution < 1.29 is 14.3 Å². The lowest BCUT2D eigenvalue weighted by atomic mass is 10.1. The summed E-state index contributed by atoms with van der Waals surface area (Å²) in [5.41, 5.74) is 1.47. The van der Waals surface area contributed by atoms with Crippen LogP contribution in [-0.2, 0) is 16.0 Å². The topological polar surface area (TPSA) is 89.8 Å². The summed E-state index contributed by atoms with van der Waals surface area (Å²) in [4.78, 5) is 41.9. The highest BCUT2D eigenvalue weighted by Crippen LogP contribution is 2.22. The second-order valence-corrected chi connectivity index (χ2v) is 7.72. The van der Waals surface area contributed by atoms with Crippen LogP contribution in [0.25, 0.3) is 15.9 Å². The molecule has 152 valence electrons. The van der Waals surface area contributed by atoms with E-state index in [0.29, 0.717) is 22.4 Å². The van der Waals surface area contributed by atoms with Crippen LogP contribution in [0.3, 0.4) is 0 Å². The summed E-state index contributed by atoms with van der Waals surface area (Å²) in [5.74, 6) is -1.01. The highest BCUT2D eigenvalue weighted by Gasteiger charge is 2.17. The fourth-order valence-electron chi connectivity index (χ4n) is 3.07. The first-order valence-electron chi connectivity index (χ1n) is 9.50. The van der Waals surface area contributed by atoms with E-state index in [1.54, 1.807) is 24.4 Å². The van der Waals surface area contributed by atoms with Crippen molar-refractivity contribution in [2.45, 2.75) is 12.8 Å². The van der Waals surface area contributed by atoms with Gasteiger partial charge >= 0.3 is 5.97 Å². The molecule has 0 radical (unpaired) electrons. The van der Waals surface area contributed by atoms with Gasteiger partial charge in [0.2, 0.25) is 0 Å². The van der Waals surface area contributed by atoms with Gasteiger partial charge in [0.05, 0.1) is 5.39 Å². The van der Waals surface area contributed by atoms with E-state index in [1.165, 1.54) is 16.0 Å². The minimum atomic E-state index is -0.647. The number of thiophene rings is 1. The van der Waals surface area contributed by atoms with E-state index in [2.05, 4.69) is 10.3 Å². The number of aromatic nitrogens is 2. The van der Waals surface area contributed by atoms with Gasteiger partial charge in [0, 0.05) is 12.7 Å².